The molecular weight excluding hydrogens is 192 g/mol. The van der Waals surface area contributed by atoms with E-state index in [4.69, 9.17) is 12.3 Å². The van der Waals surface area contributed by atoms with Gasteiger partial charge in [-0.15, -0.1) is 0 Å². The minimum absolute atomic E-state index is 0.110. The Morgan fingerprint density at radius 1 is 1.14 bits per heavy atom. The van der Waals surface area contributed by atoms with Gasteiger partial charge in [0.25, 0.3) is 0 Å². The topological polar surface area (TPSA) is 13.1 Å². The first-order valence-electron chi connectivity index (χ1n) is 3.83. The van der Waals surface area contributed by atoms with E-state index in [1.807, 2.05) is 0 Å². The van der Waals surface area contributed by atoms with E-state index in [0.717, 1.165) is 12.1 Å². The average molecular weight is 196 g/mol. The van der Waals surface area contributed by atoms with E-state index in [1.165, 1.54) is 12.1 Å². The van der Waals surface area contributed by atoms with Gasteiger partial charge in [0, 0.05) is 11.0 Å². The van der Waals surface area contributed by atoms with Crippen molar-refractivity contribution in [3.05, 3.63) is 29.8 Å². The van der Waals surface area contributed by atoms with Crippen LogP contribution in [0.15, 0.2) is 28.7 Å². The molecule has 1 heterocycles. The van der Waals surface area contributed by atoms with Crippen molar-refractivity contribution in [1.29, 1.82) is 0 Å². The average Bonchev–Trinajstić information content (AvgIpc) is 2.41. The van der Waals surface area contributed by atoms with E-state index in [-0.39, 0.29) is 5.66 Å². The first-order chi connectivity index (χ1) is 6.47. The van der Waals surface area contributed by atoms with E-state index >= 15 is 0 Å². The molecule has 0 bridgehead atoms. The molecule has 0 unspecified atom stereocenters. The minimum atomic E-state index is -4.33. The van der Waals surface area contributed by atoms with Crippen molar-refractivity contribution in [2.24, 2.45) is 0 Å². The highest BCUT2D eigenvalue weighted by Crippen LogP contribution is 2.31. The third-order valence-electron chi connectivity index (χ3n) is 1.86. The summed E-state index contributed by atoms with van der Waals surface area (Å²) in [5, 5.41) is 0.359. The fourth-order valence-electron chi connectivity index (χ4n) is 1.24. The fraction of sp³-hybridized carbons (Fsp3) is 0.111. The number of halogens is 3. The van der Waals surface area contributed by atoms with E-state index in [9.17, 15) is 13.2 Å². The lowest BCUT2D eigenvalue weighted by Crippen LogP contribution is -2.03. The van der Waals surface area contributed by atoms with Crippen molar-refractivity contribution in [2.75, 3.05) is 0 Å². The number of hydrogen-bond acceptors (Lipinski definition) is 1. The molecule has 0 aliphatic heterocycles. The normalized spacial score (nSPS) is 12.2. The molecule has 1 nitrogen and oxygen atoms in total. The van der Waals surface area contributed by atoms with E-state index in [0.29, 0.717) is 11.0 Å². The molecule has 0 amide bonds. The molecule has 2 radical (unpaired) electrons. The van der Waals surface area contributed by atoms with Crippen LogP contribution in [0.5, 0.6) is 0 Å². The van der Waals surface area contributed by atoms with Gasteiger partial charge >= 0.3 is 6.18 Å². The summed E-state index contributed by atoms with van der Waals surface area (Å²) in [6.45, 7) is 0. The van der Waals surface area contributed by atoms with Crippen molar-refractivity contribution in [3.8, 4) is 0 Å². The Bertz CT molecular complexity index is 472. The number of hydrogen-bond donors (Lipinski definition) is 0. The quantitative estimate of drug-likeness (QED) is 0.588. The Morgan fingerprint density at radius 3 is 2.50 bits per heavy atom. The second-order valence-electron chi connectivity index (χ2n) is 2.90. The fourth-order valence-corrected chi connectivity index (χ4v) is 1.24. The number of furan rings is 1. The Kier molecular flexibility index (Phi) is 1.84. The summed E-state index contributed by atoms with van der Waals surface area (Å²) < 4.78 is 41.7. The van der Waals surface area contributed by atoms with E-state index < -0.39 is 11.7 Å². The van der Waals surface area contributed by atoms with Crippen LogP contribution in [0.2, 0.25) is 0 Å². The second-order valence-corrected chi connectivity index (χ2v) is 2.90. The second kappa shape index (κ2) is 2.80. The Balaban J connectivity index is 2.62. The van der Waals surface area contributed by atoms with Crippen molar-refractivity contribution < 1.29 is 17.6 Å². The molecule has 0 N–H and O–H groups in total. The summed E-state index contributed by atoms with van der Waals surface area (Å²) >= 11 is 0. The van der Waals surface area contributed by atoms with Crippen LogP contribution in [-0.2, 0) is 6.18 Å². The van der Waals surface area contributed by atoms with Crippen LogP contribution in [0.3, 0.4) is 0 Å². The summed E-state index contributed by atoms with van der Waals surface area (Å²) in [7, 11) is 5.30. The van der Waals surface area contributed by atoms with E-state index in [2.05, 4.69) is 0 Å². The highest BCUT2D eigenvalue weighted by atomic mass is 19.4. The van der Waals surface area contributed by atoms with Crippen molar-refractivity contribution >= 4 is 24.5 Å². The zero-order chi connectivity index (χ0) is 10.3. The first kappa shape index (κ1) is 9.18. The molecule has 0 aliphatic carbocycles. The molecule has 0 saturated heterocycles. The maximum absolute atomic E-state index is 12.3. The minimum Gasteiger partial charge on any atom is -0.473 e. The van der Waals surface area contributed by atoms with Gasteiger partial charge in [-0.3, -0.25) is 0 Å². The standard InChI is InChI=1S/C9H4BF3O/c10-8-4-5-3-6(9(11,12)13)1-2-7(5)14-8/h1-4H. The molecule has 5 heteroatoms. The molecule has 14 heavy (non-hydrogen) atoms. The van der Waals surface area contributed by atoms with Crippen molar-refractivity contribution in [1.82, 2.24) is 0 Å². The Labute approximate surface area is 78.9 Å². The molecule has 0 atom stereocenters. The molecule has 0 fully saturated rings. The smallest absolute Gasteiger partial charge is 0.416 e. The molecule has 0 spiro atoms. The lowest BCUT2D eigenvalue weighted by Gasteiger charge is -2.05. The molecule has 2 rings (SSSR count). The van der Waals surface area contributed by atoms with Gasteiger partial charge in [0.05, 0.1) is 5.56 Å². The molecule has 2 aromatic rings. The van der Waals surface area contributed by atoms with Gasteiger partial charge < -0.3 is 4.42 Å². The SMILES string of the molecule is [B]c1cc2cc(C(F)(F)F)ccc2o1. The van der Waals surface area contributed by atoms with Gasteiger partial charge in [-0.05, 0) is 24.3 Å². The van der Waals surface area contributed by atoms with Crippen molar-refractivity contribution in [2.45, 2.75) is 6.18 Å². The summed E-state index contributed by atoms with van der Waals surface area (Å²) in [6.07, 6.45) is -4.33. The summed E-state index contributed by atoms with van der Waals surface area (Å²) in [5.41, 5.74) is -0.236. The van der Waals surface area contributed by atoms with Gasteiger partial charge in [0.15, 0.2) is 7.85 Å². The summed E-state index contributed by atoms with van der Waals surface area (Å²) in [4.78, 5) is 0. The van der Waals surface area contributed by atoms with Crippen LogP contribution >= 0.6 is 0 Å². The highest BCUT2D eigenvalue weighted by molar-refractivity contribution is 6.31. The zero-order valence-electron chi connectivity index (χ0n) is 6.93. The molecule has 0 saturated carbocycles. The van der Waals surface area contributed by atoms with E-state index in [1.54, 1.807) is 0 Å². The molecule has 0 aliphatic rings. The maximum atomic E-state index is 12.3. The van der Waals surface area contributed by atoms with Gasteiger partial charge in [-0.25, -0.2) is 0 Å². The third kappa shape index (κ3) is 1.50. The summed E-state index contributed by atoms with van der Waals surface area (Å²) in [5.74, 6) is 0. The molecule has 1 aromatic heterocycles. The largest absolute Gasteiger partial charge is 0.473 e. The van der Waals surface area contributed by atoms with Gasteiger partial charge in [0.2, 0.25) is 0 Å². The van der Waals surface area contributed by atoms with Crippen LogP contribution in [-0.4, -0.2) is 7.85 Å². The first-order valence-corrected chi connectivity index (χ1v) is 3.83. The number of alkyl halides is 3. The van der Waals surface area contributed by atoms with Crippen molar-refractivity contribution in [3.63, 3.8) is 0 Å². The Hall–Kier alpha value is -1.39. The van der Waals surface area contributed by atoms with Crippen LogP contribution in [0.1, 0.15) is 5.56 Å². The monoisotopic (exact) mass is 196 g/mol. The van der Waals surface area contributed by atoms with Gasteiger partial charge in [-0.1, -0.05) is 0 Å². The number of fused-ring (bicyclic) bond motifs is 1. The lowest BCUT2D eigenvalue weighted by molar-refractivity contribution is -0.137. The van der Waals surface area contributed by atoms with Crippen LogP contribution in [0, 0.1) is 0 Å². The Morgan fingerprint density at radius 2 is 1.86 bits per heavy atom. The van der Waals surface area contributed by atoms with Crippen LogP contribution < -0.4 is 5.66 Å². The van der Waals surface area contributed by atoms with Gasteiger partial charge in [0.1, 0.15) is 5.58 Å². The number of rotatable bonds is 0. The molecular formula is C9H4BF3O. The maximum Gasteiger partial charge on any atom is 0.416 e. The van der Waals surface area contributed by atoms with Crippen LogP contribution in [0.25, 0.3) is 11.0 Å². The molecule has 1 aromatic carbocycles. The highest BCUT2D eigenvalue weighted by Gasteiger charge is 2.30. The lowest BCUT2D eigenvalue weighted by atomic mass is 10.1. The number of benzene rings is 1. The summed E-state index contributed by atoms with van der Waals surface area (Å²) in [6, 6.07) is 4.60. The predicted molar refractivity (Wildman–Crippen MR) is 46.6 cm³/mol. The third-order valence-corrected chi connectivity index (χ3v) is 1.86. The van der Waals surface area contributed by atoms with Gasteiger partial charge in [-0.2, -0.15) is 13.2 Å². The zero-order valence-corrected chi connectivity index (χ0v) is 6.93. The van der Waals surface area contributed by atoms with Crippen LogP contribution in [0.4, 0.5) is 13.2 Å². The molecule has 70 valence electrons. The predicted octanol–water partition coefficient (Wildman–Crippen LogP) is 2.25.